The molecule has 21 heavy (non-hydrogen) atoms. The average molecular weight is 322 g/mol. The van der Waals surface area contributed by atoms with Crippen LogP contribution in [0.1, 0.15) is 15.2 Å². The van der Waals surface area contributed by atoms with Crippen LogP contribution >= 0.6 is 22.9 Å². The first-order valence-corrected chi connectivity index (χ1v) is 7.25. The molecule has 2 heterocycles. The zero-order valence-electron chi connectivity index (χ0n) is 10.9. The maximum atomic E-state index is 14.0. The molecular formula is C15H9ClFNO2S. The number of nitrogens with zero attached hydrogens (tertiary/aromatic N) is 1. The van der Waals surface area contributed by atoms with Gasteiger partial charge in [0.1, 0.15) is 11.3 Å². The van der Waals surface area contributed by atoms with Gasteiger partial charge in [0.05, 0.1) is 21.2 Å². The van der Waals surface area contributed by atoms with Gasteiger partial charge in [0.25, 0.3) is 0 Å². The first-order chi connectivity index (χ1) is 9.97. The predicted molar refractivity (Wildman–Crippen MR) is 81.7 cm³/mol. The summed E-state index contributed by atoms with van der Waals surface area (Å²) < 4.78 is 14.0. The fraction of sp³-hybridized carbons (Fsp3) is 0.0667. The highest BCUT2D eigenvalue weighted by molar-refractivity contribution is 7.15. The van der Waals surface area contributed by atoms with E-state index in [2.05, 4.69) is 4.98 Å². The molecule has 0 spiro atoms. The van der Waals surface area contributed by atoms with Crippen molar-refractivity contribution in [2.45, 2.75) is 6.92 Å². The minimum atomic E-state index is -1.16. The molecule has 6 heteroatoms. The molecule has 1 aromatic carbocycles. The summed E-state index contributed by atoms with van der Waals surface area (Å²) in [7, 11) is 0. The third kappa shape index (κ3) is 2.39. The summed E-state index contributed by atoms with van der Waals surface area (Å²) in [6.07, 6.45) is 0. The Bertz CT molecular complexity index is 875. The van der Waals surface area contributed by atoms with Gasteiger partial charge < -0.3 is 5.11 Å². The number of carbonyl (C=O) groups is 1. The van der Waals surface area contributed by atoms with Crippen molar-refractivity contribution >= 4 is 39.8 Å². The monoisotopic (exact) mass is 321 g/mol. The second kappa shape index (κ2) is 5.09. The first-order valence-electron chi connectivity index (χ1n) is 6.06. The third-order valence-corrected chi connectivity index (χ3v) is 4.42. The van der Waals surface area contributed by atoms with E-state index in [1.54, 1.807) is 0 Å². The highest BCUT2D eigenvalue weighted by atomic mass is 35.5. The summed E-state index contributed by atoms with van der Waals surface area (Å²) >= 11 is 7.48. The smallest absolute Gasteiger partial charge is 0.336 e. The molecule has 0 fully saturated rings. The standard InChI is InChI=1S/C15H9ClFNO2S/c1-7-2-5-12(21-7)11-6-8(15(19)20)13-9(16)3-4-10(17)14(13)18-11/h2-6H,1H3,(H,19,20). The van der Waals surface area contributed by atoms with Gasteiger partial charge in [0.15, 0.2) is 0 Å². The van der Waals surface area contributed by atoms with Crippen LogP contribution in [0.25, 0.3) is 21.5 Å². The van der Waals surface area contributed by atoms with Crippen molar-refractivity contribution < 1.29 is 14.3 Å². The number of aromatic carboxylic acids is 1. The lowest BCUT2D eigenvalue weighted by Gasteiger charge is -2.08. The molecule has 1 N–H and O–H groups in total. The predicted octanol–water partition coefficient (Wildman–Crippen LogP) is 4.76. The van der Waals surface area contributed by atoms with Gasteiger partial charge in [-0.3, -0.25) is 0 Å². The van der Waals surface area contributed by atoms with Crippen molar-refractivity contribution in [3.63, 3.8) is 0 Å². The zero-order valence-corrected chi connectivity index (χ0v) is 12.4. The van der Waals surface area contributed by atoms with Crippen molar-refractivity contribution in [2.75, 3.05) is 0 Å². The molecule has 0 unspecified atom stereocenters. The van der Waals surface area contributed by atoms with E-state index < -0.39 is 11.8 Å². The SMILES string of the molecule is Cc1ccc(-c2cc(C(=O)O)c3c(Cl)ccc(F)c3n2)s1. The van der Waals surface area contributed by atoms with Crippen LogP contribution in [-0.4, -0.2) is 16.1 Å². The molecule has 0 saturated heterocycles. The highest BCUT2D eigenvalue weighted by Gasteiger charge is 2.18. The van der Waals surface area contributed by atoms with Crippen LogP contribution in [0.15, 0.2) is 30.3 Å². The molecule has 0 saturated carbocycles. The number of carboxylic acid groups (broad SMARTS) is 1. The van der Waals surface area contributed by atoms with Crippen molar-refractivity contribution in [1.29, 1.82) is 0 Å². The van der Waals surface area contributed by atoms with Crippen molar-refractivity contribution in [1.82, 2.24) is 4.98 Å². The largest absolute Gasteiger partial charge is 0.478 e. The Labute approximate surface area is 128 Å². The van der Waals surface area contributed by atoms with E-state index in [4.69, 9.17) is 11.6 Å². The lowest BCUT2D eigenvalue weighted by molar-refractivity contribution is 0.0699. The summed E-state index contributed by atoms with van der Waals surface area (Å²) in [6.45, 7) is 1.94. The third-order valence-electron chi connectivity index (χ3n) is 3.08. The van der Waals surface area contributed by atoms with E-state index in [-0.39, 0.29) is 21.5 Å². The van der Waals surface area contributed by atoms with Crippen LogP contribution < -0.4 is 0 Å². The van der Waals surface area contributed by atoms with Crippen molar-refractivity contribution in [3.8, 4) is 10.6 Å². The number of benzene rings is 1. The topological polar surface area (TPSA) is 50.2 Å². The molecule has 3 aromatic rings. The van der Waals surface area contributed by atoms with Gasteiger partial charge in [-0.05, 0) is 37.3 Å². The van der Waals surface area contributed by atoms with Crippen molar-refractivity contribution in [3.05, 3.63) is 51.6 Å². The quantitative estimate of drug-likeness (QED) is 0.740. The average Bonchev–Trinajstić information content (AvgIpc) is 2.88. The van der Waals surface area contributed by atoms with Crippen LogP contribution in [0, 0.1) is 12.7 Å². The Kier molecular flexibility index (Phi) is 3.39. The number of hydrogen-bond acceptors (Lipinski definition) is 3. The van der Waals surface area contributed by atoms with Crippen LogP contribution in [0.3, 0.4) is 0 Å². The molecule has 0 amide bonds. The van der Waals surface area contributed by atoms with E-state index in [0.717, 1.165) is 9.75 Å². The van der Waals surface area contributed by atoms with Crippen LogP contribution in [-0.2, 0) is 0 Å². The molecule has 0 aliphatic rings. The van der Waals surface area contributed by atoms with E-state index in [0.29, 0.717) is 5.69 Å². The Morgan fingerprint density at radius 1 is 1.33 bits per heavy atom. The molecule has 0 aliphatic carbocycles. The van der Waals surface area contributed by atoms with Gasteiger partial charge in [-0.2, -0.15) is 0 Å². The normalized spacial score (nSPS) is 11.0. The second-order valence-electron chi connectivity index (χ2n) is 4.52. The lowest BCUT2D eigenvalue weighted by atomic mass is 10.1. The van der Waals surface area contributed by atoms with Gasteiger partial charge in [0.2, 0.25) is 0 Å². The van der Waals surface area contributed by atoms with Gasteiger partial charge in [-0.25, -0.2) is 14.2 Å². The van der Waals surface area contributed by atoms with E-state index >= 15 is 0 Å². The van der Waals surface area contributed by atoms with E-state index in [9.17, 15) is 14.3 Å². The number of aryl methyl sites for hydroxylation is 1. The molecule has 106 valence electrons. The molecule has 3 rings (SSSR count). The highest BCUT2D eigenvalue weighted by Crippen LogP contribution is 2.33. The Balaban J connectivity index is 2.40. The van der Waals surface area contributed by atoms with Gasteiger partial charge >= 0.3 is 5.97 Å². The maximum Gasteiger partial charge on any atom is 0.336 e. The summed E-state index contributed by atoms with van der Waals surface area (Å²) in [6, 6.07) is 7.69. The minimum Gasteiger partial charge on any atom is -0.478 e. The van der Waals surface area contributed by atoms with Crippen LogP contribution in [0.4, 0.5) is 4.39 Å². The number of pyridine rings is 1. The number of thiophene rings is 1. The number of carboxylic acids is 1. The summed E-state index contributed by atoms with van der Waals surface area (Å²) in [5, 5.41) is 9.67. The van der Waals surface area contributed by atoms with E-state index in [1.165, 1.54) is 29.5 Å². The fourth-order valence-electron chi connectivity index (χ4n) is 2.14. The molecular weight excluding hydrogens is 313 g/mol. The van der Waals surface area contributed by atoms with Gasteiger partial charge in [-0.1, -0.05) is 11.6 Å². The molecule has 0 atom stereocenters. The lowest BCUT2D eigenvalue weighted by Crippen LogP contribution is -2.01. The van der Waals surface area contributed by atoms with E-state index in [1.807, 2.05) is 19.1 Å². The summed E-state index contributed by atoms with van der Waals surface area (Å²) in [5.74, 6) is -1.75. The minimum absolute atomic E-state index is 0.0246. The van der Waals surface area contributed by atoms with Gasteiger partial charge in [0, 0.05) is 10.3 Å². The molecule has 0 radical (unpaired) electrons. The molecule has 0 bridgehead atoms. The fourth-order valence-corrected chi connectivity index (χ4v) is 3.22. The molecule has 3 nitrogen and oxygen atoms in total. The number of fused-ring (bicyclic) bond motifs is 1. The number of halogens is 2. The second-order valence-corrected chi connectivity index (χ2v) is 6.22. The Morgan fingerprint density at radius 2 is 2.10 bits per heavy atom. The van der Waals surface area contributed by atoms with Crippen LogP contribution in [0.5, 0.6) is 0 Å². The van der Waals surface area contributed by atoms with Gasteiger partial charge in [-0.15, -0.1) is 11.3 Å². The molecule has 0 aliphatic heterocycles. The Morgan fingerprint density at radius 3 is 2.71 bits per heavy atom. The molecule has 2 aromatic heterocycles. The summed E-state index contributed by atoms with van der Waals surface area (Å²) in [5.41, 5.74) is 0.355. The van der Waals surface area contributed by atoms with Crippen molar-refractivity contribution in [2.24, 2.45) is 0 Å². The number of hydrogen-bond donors (Lipinski definition) is 1. The Hall–Kier alpha value is -1.98. The summed E-state index contributed by atoms with van der Waals surface area (Å²) in [4.78, 5) is 17.6. The number of rotatable bonds is 2. The maximum absolute atomic E-state index is 14.0. The van der Waals surface area contributed by atoms with Crippen LogP contribution in [0.2, 0.25) is 5.02 Å². The number of aromatic nitrogens is 1. The zero-order chi connectivity index (χ0) is 15.1. The first kappa shape index (κ1) is 14.0.